The highest BCUT2D eigenvalue weighted by Gasteiger charge is 2.11. The summed E-state index contributed by atoms with van der Waals surface area (Å²) in [5.74, 6) is 0.400. The zero-order valence-electron chi connectivity index (χ0n) is 8.24. The van der Waals surface area contributed by atoms with Crippen LogP contribution in [0.2, 0.25) is 10.4 Å². The highest BCUT2D eigenvalue weighted by atomic mass is 35.5. The topological polar surface area (TPSA) is 70.9 Å². The van der Waals surface area contributed by atoms with Gasteiger partial charge in [0.2, 0.25) is 5.28 Å². The Morgan fingerprint density at radius 2 is 2.13 bits per heavy atom. The molecular weight excluding hydrogens is 239 g/mol. The molecule has 0 aromatic carbocycles. The third-order valence-corrected chi connectivity index (χ3v) is 2.35. The van der Waals surface area contributed by atoms with Crippen LogP contribution in [0.1, 0.15) is 19.8 Å². The molecule has 0 aliphatic carbocycles. The Morgan fingerprint density at radius 3 is 2.73 bits per heavy atom. The molecule has 7 heteroatoms. The van der Waals surface area contributed by atoms with E-state index >= 15 is 0 Å². The number of nitrogens with zero attached hydrogens (tertiary/aromatic N) is 3. The predicted octanol–water partition coefficient (Wildman–Crippen LogP) is 1.75. The lowest BCUT2D eigenvalue weighted by Crippen LogP contribution is -2.21. The Morgan fingerprint density at radius 1 is 1.40 bits per heavy atom. The van der Waals surface area contributed by atoms with Crippen LogP contribution in [0.25, 0.3) is 0 Å². The van der Waals surface area contributed by atoms with Gasteiger partial charge < -0.3 is 10.4 Å². The van der Waals surface area contributed by atoms with Gasteiger partial charge in [0.25, 0.3) is 0 Å². The van der Waals surface area contributed by atoms with E-state index in [4.69, 9.17) is 28.3 Å². The number of halogens is 2. The van der Waals surface area contributed by atoms with Crippen molar-refractivity contribution in [2.24, 2.45) is 0 Å². The fraction of sp³-hybridized carbons (Fsp3) is 0.625. The quantitative estimate of drug-likeness (QED) is 0.834. The van der Waals surface area contributed by atoms with E-state index in [1.54, 1.807) is 0 Å². The van der Waals surface area contributed by atoms with Gasteiger partial charge in [0.05, 0.1) is 0 Å². The summed E-state index contributed by atoms with van der Waals surface area (Å²) >= 11 is 11.4. The molecule has 0 spiro atoms. The average molecular weight is 251 g/mol. The molecule has 0 aliphatic heterocycles. The Kier molecular flexibility index (Phi) is 5.01. The molecular formula is C8H12Cl2N4O. The SMILES string of the molecule is CCC(CCO)Nc1nc(Cl)nnc1Cl. The maximum absolute atomic E-state index is 8.82. The van der Waals surface area contributed by atoms with Crippen LogP contribution in [0.15, 0.2) is 0 Å². The van der Waals surface area contributed by atoms with Crippen molar-refractivity contribution in [1.82, 2.24) is 15.2 Å². The normalized spacial score (nSPS) is 12.5. The maximum Gasteiger partial charge on any atom is 0.245 e. The van der Waals surface area contributed by atoms with E-state index in [2.05, 4.69) is 20.5 Å². The second kappa shape index (κ2) is 6.05. The van der Waals surface area contributed by atoms with E-state index in [1.807, 2.05) is 6.92 Å². The number of aliphatic hydroxyl groups is 1. The van der Waals surface area contributed by atoms with Crippen molar-refractivity contribution in [3.8, 4) is 0 Å². The van der Waals surface area contributed by atoms with Crippen LogP contribution in [-0.2, 0) is 0 Å². The second-order valence-electron chi connectivity index (χ2n) is 2.98. The van der Waals surface area contributed by atoms with Crippen LogP contribution in [0.5, 0.6) is 0 Å². The predicted molar refractivity (Wildman–Crippen MR) is 59.3 cm³/mol. The lowest BCUT2D eigenvalue weighted by molar-refractivity contribution is 0.278. The maximum atomic E-state index is 8.82. The third-order valence-electron chi connectivity index (χ3n) is 1.93. The van der Waals surface area contributed by atoms with Crippen LogP contribution in [0.3, 0.4) is 0 Å². The first-order valence-corrected chi connectivity index (χ1v) is 5.36. The fourth-order valence-corrected chi connectivity index (χ4v) is 1.37. The molecule has 0 saturated heterocycles. The molecule has 5 nitrogen and oxygen atoms in total. The Hall–Kier alpha value is -0.650. The van der Waals surface area contributed by atoms with Crippen molar-refractivity contribution >= 4 is 29.0 Å². The largest absolute Gasteiger partial charge is 0.396 e. The van der Waals surface area contributed by atoms with Gasteiger partial charge in [0, 0.05) is 12.6 Å². The molecule has 1 rings (SSSR count). The summed E-state index contributed by atoms with van der Waals surface area (Å²) in [6.45, 7) is 2.10. The summed E-state index contributed by atoms with van der Waals surface area (Å²) in [5.41, 5.74) is 0. The smallest absolute Gasteiger partial charge is 0.245 e. The van der Waals surface area contributed by atoms with Crippen LogP contribution >= 0.6 is 23.2 Å². The summed E-state index contributed by atoms with van der Waals surface area (Å²) in [7, 11) is 0. The van der Waals surface area contributed by atoms with Gasteiger partial charge in [0.15, 0.2) is 11.0 Å². The monoisotopic (exact) mass is 250 g/mol. The summed E-state index contributed by atoms with van der Waals surface area (Å²) < 4.78 is 0. The molecule has 1 atom stereocenters. The van der Waals surface area contributed by atoms with Crippen molar-refractivity contribution in [1.29, 1.82) is 0 Å². The van der Waals surface area contributed by atoms with Crippen molar-refractivity contribution in [2.75, 3.05) is 11.9 Å². The molecule has 0 radical (unpaired) electrons. The van der Waals surface area contributed by atoms with Crippen molar-refractivity contribution < 1.29 is 5.11 Å². The van der Waals surface area contributed by atoms with E-state index in [0.717, 1.165) is 6.42 Å². The first kappa shape index (κ1) is 12.4. The lowest BCUT2D eigenvalue weighted by Gasteiger charge is -2.16. The molecule has 84 valence electrons. The van der Waals surface area contributed by atoms with Crippen LogP contribution < -0.4 is 5.32 Å². The molecule has 1 aromatic heterocycles. The van der Waals surface area contributed by atoms with E-state index < -0.39 is 0 Å². The Labute approximate surface area is 97.8 Å². The van der Waals surface area contributed by atoms with Gasteiger partial charge in [-0.3, -0.25) is 0 Å². The van der Waals surface area contributed by atoms with Gasteiger partial charge in [-0.15, -0.1) is 10.2 Å². The molecule has 1 aromatic rings. The van der Waals surface area contributed by atoms with Crippen LogP contribution in [0, 0.1) is 0 Å². The molecule has 0 amide bonds. The number of anilines is 1. The summed E-state index contributed by atoms with van der Waals surface area (Å²) in [6, 6.07) is 0.0975. The fourth-order valence-electron chi connectivity index (χ4n) is 1.11. The molecule has 15 heavy (non-hydrogen) atoms. The van der Waals surface area contributed by atoms with E-state index in [-0.39, 0.29) is 23.1 Å². The van der Waals surface area contributed by atoms with Crippen molar-refractivity contribution in [3.05, 3.63) is 10.4 Å². The molecule has 0 saturated carbocycles. The number of hydrogen-bond acceptors (Lipinski definition) is 5. The minimum Gasteiger partial charge on any atom is -0.396 e. The van der Waals surface area contributed by atoms with Gasteiger partial charge in [-0.2, -0.15) is 4.98 Å². The molecule has 0 aliphatic rings. The van der Waals surface area contributed by atoms with Crippen molar-refractivity contribution in [3.63, 3.8) is 0 Å². The summed E-state index contributed by atoms with van der Waals surface area (Å²) in [4.78, 5) is 3.91. The Bertz CT molecular complexity index is 324. The number of nitrogens with one attached hydrogen (secondary N) is 1. The second-order valence-corrected chi connectivity index (χ2v) is 3.68. The van der Waals surface area contributed by atoms with Crippen LogP contribution in [-0.4, -0.2) is 32.9 Å². The zero-order chi connectivity index (χ0) is 11.3. The van der Waals surface area contributed by atoms with Gasteiger partial charge in [0.1, 0.15) is 0 Å². The van der Waals surface area contributed by atoms with Gasteiger partial charge >= 0.3 is 0 Å². The van der Waals surface area contributed by atoms with Gasteiger partial charge in [-0.1, -0.05) is 18.5 Å². The lowest BCUT2D eigenvalue weighted by atomic mass is 10.1. The van der Waals surface area contributed by atoms with E-state index in [1.165, 1.54) is 0 Å². The van der Waals surface area contributed by atoms with E-state index in [0.29, 0.717) is 12.2 Å². The molecule has 0 fully saturated rings. The molecule has 1 unspecified atom stereocenters. The van der Waals surface area contributed by atoms with Crippen molar-refractivity contribution in [2.45, 2.75) is 25.8 Å². The standard InChI is InChI=1S/C8H12Cl2N4O/c1-2-5(3-4-15)11-7-6(9)13-14-8(10)12-7/h5,15H,2-4H2,1H3,(H,11,12,14). The highest BCUT2D eigenvalue weighted by molar-refractivity contribution is 6.32. The molecule has 0 bridgehead atoms. The van der Waals surface area contributed by atoms with Crippen LogP contribution in [0.4, 0.5) is 5.82 Å². The zero-order valence-corrected chi connectivity index (χ0v) is 9.76. The van der Waals surface area contributed by atoms with Gasteiger partial charge in [-0.25, -0.2) is 0 Å². The minimum absolute atomic E-state index is 0.0424. The van der Waals surface area contributed by atoms with Gasteiger partial charge in [-0.05, 0) is 24.4 Å². The number of hydrogen-bond donors (Lipinski definition) is 2. The average Bonchev–Trinajstić information content (AvgIpc) is 2.22. The summed E-state index contributed by atoms with van der Waals surface area (Å²) in [5, 5.41) is 19.2. The third kappa shape index (κ3) is 3.77. The summed E-state index contributed by atoms with van der Waals surface area (Å²) in [6.07, 6.45) is 1.47. The number of rotatable bonds is 5. The first-order chi connectivity index (χ1) is 7.17. The number of aromatic nitrogens is 3. The van der Waals surface area contributed by atoms with E-state index in [9.17, 15) is 0 Å². The highest BCUT2D eigenvalue weighted by Crippen LogP contribution is 2.18. The molecule has 2 N–H and O–H groups in total. The Balaban J connectivity index is 2.73. The minimum atomic E-state index is 0.0424. The first-order valence-electron chi connectivity index (χ1n) is 4.60. The number of aliphatic hydroxyl groups excluding tert-OH is 1. The molecule has 1 heterocycles.